The number of rotatable bonds is 6. The minimum Gasteiger partial charge on any atom is -0.486 e. The SMILES string of the molecule is CCCNc1ccc(Cl)c(COc2ccc(F)cc2Br)n1. The number of anilines is 1. The smallest absolute Gasteiger partial charge is 0.134 e. The second-order valence-corrected chi connectivity index (χ2v) is 5.68. The number of nitrogens with one attached hydrogen (secondary N) is 1. The average molecular weight is 374 g/mol. The summed E-state index contributed by atoms with van der Waals surface area (Å²) in [7, 11) is 0. The molecule has 1 aromatic carbocycles. The summed E-state index contributed by atoms with van der Waals surface area (Å²) >= 11 is 9.38. The Kier molecular flexibility index (Phi) is 5.82. The van der Waals surface area contributed by atoms with E-state index in [2.05, 4.69) is 33.2 Å². The normalized spacial score (nSPS) is 10.5. The highest BCUT2D eigenvalue weighted by Crippen LogP contribution is 2.27. The van der Waals surface area contributed by atoms with Gasteiger partial charge in [-0.05, 0) is 52.7 Å². The molecule has 0 saturated carbocycles. The highest BCUT2D eigenvalue weighted by Gasteiger charge is 2.07. The molecule has 0 amide bonds. The molecule has 0 spiro atoms. The lowest BCUT2D eigenvalue weighted by Crippen LogP contribution is -2.06. The van der Waals surface area contributed by atoms with Gasteiger partial charge in [-0.15, -0.1) is 0 Å². The molecule has 0 aliphatic carbocycles. The van der Waals surface area contributed by atoms with Crippen LogP contribution in [0.3, 0.4) is 0 Å². The van der Waals surface area contributed by atoms with Gasteiger partial charge in [0.1, 0.15) is 24.0 Å². The Balaban J connectivity index is 2.08. The lowest BCUT2D eigenvalue weighted by molar-refractivity contribution is 0.299. The number of aromatic nitrogens is 1. The van der Waals surface area contributed by atoms with Crippen LogP contribution in [0.1, 0.15) is 19.0 Å². The zero-order chi connectivity index (χ0) is 15.2. The third kappa shape index (κ3) is 4.58. The van der Waals surface area contributed by atoms with Crippen molar-refractivity contribution in [1.82, 2.24) is 4.98 Å². The van der Waals surface area contributed by atoms with Gasteiger partial charge in [-0.25, -0.2) is 9.37 Å². The molecule has 0 bridgehead atoms. The molecular weight excluding hydrogens is 359 g/mol. The molecule has 1 N–H and O–H groups in total. The van der Waals surface area contributed by atoms with E-state index < -0.39 is 0 Å². The first-order chi connectivity index (χ1) is 10.1. The lowest BCUT2D eigenvalue weighted by atomic mass is 10.3. The summed E-state index contributed by atoms with van der Waals surface area (Å²) in [5, 5.41) is 3.73. The Hall–Kier alpha value is -1.33. The summed E-state index contributed by atoms with van der Waals surface area (Å²) < 4.78 is 19.2. The molecule has 3 nitrogen and oxygen atoms in total. The summed E-state index contributed by atoms with van der Waals surface area (Å²) in [5.41, 5.74) is 0.633. The van der Waals surface area contributed by atoms with Crippen molar-refractivity contribution in [2.75, 3.05) is 11.9 Å². The summed E-state index contributed by atoms with van der Waals surface area (Å²) in [6, 6.07) is 7.87. The Bertz CT molecular complexity index is 625. The van der Waals surface area contributed by atoms with Crippen molar-refractivity contribution in [3.8, 4) is 5.75 Å². The number of hydrogen-bond acceptors (Lipinski definition) is 3. The monoisotopic (exact) mass is 372 g/mol. The fraction of sp³-hybridized carbons (Fsp3) is 0.267. The molecule has 1 heterocycles. The fourth-order valence-electron chi connectivity index (χ4n) is 1.68. The maximum absolute atomic E-state index is 13.0. The van der Waals surface area contributed by atoms with Crippen LogP contribution in [0.15, 0.2) is 34.8 Å². The van der Waals surface area contributed by atoms with E-state index in [0.29, 0.717) is 20.9 Å². The number of ether oxygens (including phenoxy) is 1. The molecular formula is C15H15BrClFN2O. The van der Waals surface area contributed by atoms with E-state index in [1.807, 2.05) is 6.07 Å². The van der Waals surface area contributed by atoms with E-state index in [9.17, 15) is 4.39 Å². The van der Waals surface area contributed by atoms with Crippen molar-refractivity contribution >= 4 is 33.3 Å². The Morgan fingerprint density at radius 2 is 2.14 bits per heavy atom. The second kappa shape index (κ2) is 7.61. The van der Waals surface area contributed by atoms with Gasteiger partial charge in [-0.3, -0.25) is 0 Å². The predicted molar refractivity (Wildman–Crippen MR) is 86.5 cm³/mol. The lowest BCUT2D eigenvalue weighted by Gasteiger charge is -2.11. The topological polar surface area (TPSA) is 34.1 Å². The summed E-state index contributed by atoms with van der Waals surface area (Å²) in [4.78, 5) is 4.41. The van der Waals surface area contributed by atoms with Gasteiger partial charge in [0.25, 0.3) is 0 Å². The van der Waals surface area contributed by atoms with Gasteiger partial charge in [0.2, 0.25) is 0 Å². The summed E-state index contributed by atoms with van der Waals surface area (Å²) in [5.74, 6) is 0.982. The molecule has 0 atom stereocenters. The molecule has 2 aromatic rings. The molecule has 21 heavy (non-hydrogen) atoms. The van der Waals surface area contributed by atoms with Crippen molar-refractivity contribution in [3.63, 3.8) is 0 Å². The van der Waals surface area contributed by atoms with E-state index in [1.54, 1.807) is 12.1 Å². The molecule has 112 valence electrons. The molecule has 0 aliphatic rings. The summed E-state index contributed by atoms with van der Waals surface area (Å²) in [6.45, 7) is 3.14. The van der Waals surface area contributed by atoms with E-state index in [4.69, 9.17) is 16.3 Å². The Morgan fingerprint density at radius 3 is 2.86 bits per heavy atom. The van der Waals surface area contributed by atoms with Crippen LogP contribution in [0.2, 0.25) is 5.02 Å². The first-order valence-corrected chi connectivity index (χ1v) is 7.74. The highest BCUT2D eigenvalue weighted by atomic mass is 79.9. The first-order valence-electron chi connectivity index (χ1n) is 6.57. The van der Waals surface area contributed by atoms with E-state index >= 15 is 0 Å². The van der Waals surface area contributed by atoms with Crippen molar-refractivity contribution < 1.29 is 9.13 Å². The van der Waals surface area contributed by atoms with Gasteiger partial charge in [-0.1, -0.05) is 18.5 Å². The van der Waals surface area contributed by atoms with Crippen molar-refractivity contribution in [2.24, 2.45) is 0 Å². The minimum atomic E-state index is -0.323. The Morgan fingerprint density at radius 1 is 1.33 bits per heavy atom. The third-order valence-corrected chi connectivity index (χ3v) is 3.70. The maximum Gasteiger partial charge on any atom is 0.134 e. The van der Waals surface area contributed by atoms with Crippen LogP contribution >= 0.6 is 27.5 Å². The largest absolute Gasteiger partial charge is 0.486 e. The number of halogens is 3. The minimum absolute atomic E-state index is 0.213. The quantitative estimate of drug-likeness (QED) is 0.770. The molecule has 0 aliphatic heterocycles. The summed E-state index contributed by atoms with van der Waals surface area (Å²) in [6.07, 6.45) is 1.01. The van der Waals surface area contributed by atoms with Gasteiger partial charge in [-0.2, -0.15) is 0 Å². The molecule has 0 radical (unpaired) electrons. The highest BCUT2D eigenvalue weighted by molar-refractivity contribution is 9.10. The Labute approximate surface area is 136 Å². The molecule has 0 fully saturated rings. The van der Waals surface area contributed by atoms with Gasteiger partial charge >= 0.3 is 0 Å². The number of hydrogen-bond donors (Lipinski definition) is 1. The van der Waals surface area contributed by atoms with Crippen LogP contribution in [0.5, 0.6) is 5.75 Å². The van der Waals surface area contributed by atoms with Gasteiger partial charge in [0.15, 0.2) is 0 Å². The standard InChI is InChI=1S/C15H15BrClFN2O/c1-2-7-19-15-6-4-12(17)13(20-15)9-21-14-5-3-10(18)8-11(14)16/h3-6,8H,2,7,9H2,1H3,(H,19,20). The van der Waals surface area contributed by atoms with E-state index in [1.165, 1.54) is 12.1 Å². The van der Waals surface area contributed by atoms with Crippen molar-refractivity contribution in [1.29, 1.82) is 0 Å². The molecule has 6 heteroatoms. The molecule has 0 unspecified atom stereocenters. The fourth-order valence-corrected chi connectivity index (χ4v) is 2.30. The number of benzene rings is 1. The predicted octanol–water partition coefficient (Wildman–Crippen LogP) is 5.04. The van der Waals surface area contributed by atoms with Gasteiger partial charge < -0.3 is 10.1 Å². The van der Waals surface area contributed by atoms with Gasteiger partial charge in [0, 0.05) is 6.54 Å². The zero-order valence-corrected chi connectivity index (χ0v) is 13.8. The van der Waals surface area contributed by atoms with E-state index in [-0.39, 0.29) is 12.4 Å². The van der Waals surface area contributed by atoms with Crippen LogP contribution in [-0.2, 0) is 6.61 Å². The van der Waals surface area contributed by atoms with Crippen LogP contribution < -0.4 is 10.1 Å². The van der Waals surface area contributed by atoms with Crippen LogP contribution in [0, 0.1) is 5.82 Å². The van der Waals surface area contributed by atoms with Crippen molar-refractivity contribution in [3.05, 3.63) is 51.3 Å². The van der Waals surface area contributed by atoms with Crippen LogP contribution in [0.25, 0.3) is 0 Å². The molecule has 2 rings (SSSR count). The van der Waals surface area contributed by atoms with Crippen molar-refractivity contribution in [2.45, 2.75) is 20.0 Å². The van der Waals surface area contributed by atoms with Crippen LogP contribution in [0.4, 0.5) is 10.2 Å². The second-order valence-electron chi connectivity index (χ2n) is 4.42. The third-order valence-electron chi connectivity index (χ3n) is 2.73. The maximum atomic E-state index is 13.0. The molecule has 1 aromatic heterocycles. The van der Waals surface area contributed by atoms with Gasteiger partial charge in [0.05, 0.1) is 15.2 Å². The zero-order valence-electron chi connectivity index (χ0n) is 11.5. The number of pyridine rings is 1. The van der Waals surface area contributed by atoms with E-state index in [0.717, 1.165) is 18.8 Å². The average Bonchev–Trinajstić information content (AvgIpc) is 2.46. The van der Waals surface area contributed by atoms with Crippen LogP contribution in [-0.4, -0.2) is 11.5 Å². The first kappa shape index (κ1) is 16.0. The molecule has 0 saturated heterocycles. The number of nitrogens with zero attached hydrogens (tertiary/aromatic N) is 1.